The maximum atomic E-state index is 12.7. The zero-order valence-electron chi connectivity index (χ0n) is 18.5. The first kappa shape index (κ1) is 21.6. The molecule has 1 saturated heterocycles. The number of aromatic nitrogens is 3. The fraction of sp³-hybridized carbons (Fsp3) is 0.391. The Balaban J connectivity index is 1.40. The predicted octanol–water partition coefficient (Wildman–Crippen LogP) is 2.81. The summed E-state index contributed by atoms with van der Waals surface area (Å²) in [6.45, 7) is 6.70. The van der Waals surface area contributed by atoms with E-state index in [1.165, 1.54) is 0 Å². The molecule has 1 fully saturated rings. The normalized spacial score (nSPS) is 13.9. The van der Waals surface area contributed by atoms with Crippen molar-refractivity contribution in [1.82, 2.24) is 24.2 Å². The van der Waals surface area contributed by atoms with Crippen LogP contribution in [-0.2, 0) is 9.53 Å². The third-order valence-electron chi connectivity index (χ3n) is 5.51. The van der Waals surface area contributed by atoms with E-state index in [2.05, 4.69) is 16.4 Å². The summed E-state index contributed by atoms with van der Waals surface area (Å²) >= 11 is 0. The van der Waals surface area contributed by atoms with Crippen LogP contribution in [0.4, 0.5) is 10.6 Å². The number of ether oxygens (including phenoxy) is 1. The number of anilines is 1. The molecule has 32 heavy (non-hydrogen) atoms. The number of hydrogen-bond donors (Lipinski definition) is 1. The van der Waals surface area contributed by atoms with Crippen LogP contribution in [0.25, 0.3) is 16.9 Å². The van der Waals surface area contributed by atoms with Crippen molar-refractivity contribution in [2.24, 2.45) is 0 Å². The van der Waals surface area contributed by atoms with E-state index in [9.17, 15) is 9.59 Å². The van der Waals surface area contributed by atoms with Gasteiger partial charge >= 0.3 is 6.09 Å². The molecule has 1 aliphatic rings. The van der Waals surface area contributed by atoms with Crippen molar-refractivity contribution in [1.29, 1.82) is 0 Å². The molecular formula is C23H28N6O3. The van der Waals surface area contributed by atoms with Gasteiger partial charge in [-0.15, -0.1) is 0 Å². The minimum Gasteiger partial charge on any atom is -0.450 e. The van der Waals surface area contributed by atoms with Crippen LogP contribution >= 0.6 is 0 Å². The summed E-state index contributed by atoms with van der Waals surface area (Å²) in [4.78, 5) is 36.9. The van der Waals surface area contributed by atoms with Crippen molar-refractivity contribution < 1.29 is 14.3 Å². The van der Waals surface area contributed by atoms with Gasteiger partial charge in [0.1, 0.15) is 11.5 Å². The van der Waals surface area contributed by atoms with Crippen molar-refractivity contribution in [3.8, 4) is 11.3 Å². The molecule has 0 spiro atoms. The molecule has 9 nitrogen and oxygen atoms in total. The second-order valence-corrected chi connectivity index (χ2v) is 7.73. The van der Waals surface area contributed by atoms with Crippen molar-refractivity contribution in [2.75, 3.05) is 44.6 Å². The Morgan fingerprint density at radius 1 is 1.16 bits per heavy atom. The summed E-state index contributed by atoms with van der Waals surface area (Å²) in [5.41, 5.74) is 3.74. The number of rotatable bonds is 6. The average molecular weight is 437 g/mol. The van der Waals surface area contributed by atoms with Crippen molar-refractivity contribution in [2.45, 2.75) is 20.3 Å². The molecule has 1 aliphatic heterocycles. The van der Waals surface area contributed by atoms with Crippen LogP contribution in [0.15, 0.2) is 42.9 Å². The molecule has 168 valence electrons. The second-order valence-electron chi connectivity index (χ2n) is 7.73. The lowest BCUT2D eigenvalue weighted by Crippen LogP contribution is -2.50. The van der Waals surface area contributed by atoms with E-state index in [0.717, 1.165) is 28.3 Å². The van der Waals surface area contributed by atoms with E-state index >= 15 is 0 Å². The van der Waals surface area contributed by atoms with Gasteiger partial charge in [-0.3, -0.25) is 14.2 Å². The van der Waals surface area contributed by atoms with E-state index in [1.807, 2.05) is 35.7 Å². The molecular weight excluding hydrogens is 408 g/mol. The molecule has 1 aromatic carbocycles. The van der Waals surface area contributed by atoms with E-state index < -0.39 is 0 Å². The van der Waals surface area contributed by atoms with Crippen LogP contribution in [0.2, 0.25) is 0 Å². The SMILES string of the molecule is CCOC(=O)N1CCN(C(=O)CCNc2c(-c3cccc(C)c3)nc3cnccn23)CC1. The Kier molecular flexibility index (Phi) is 6.53. The van der Waals surface area contributed by atoms with Crippen LogP contribution in [0.1, 0.15) is 18.9 Å². The second kappa shape index (κ2) is 9.67. The lowest BCUT2D eigenvalue weighted by Gasteiger charge is -2.34. The van der Waals surface area contributed by atoms with Gasteiger partial charge in [0, 0.05) is 57.1 Å². The maximum Gasteiger partial charge on any atom is 0.409 e. The van der Waals surface area contributed by atoms with Gasteiger partial charge in [-0.2, -0.15) is 0 Å². The molecule has 0 atom stereocenters. The molecule has 0 bridgehead atoms. The van der Waals surface area contributed by atoms with Gasteiger partial charge in [0.25, 0.3) is 0 Å². The predicted molar refractivity (Wildman–Crippen MR) is 121 cm³/mol. The summed E-state index contributed by atoms with van der Waals surface area (Å²) in [7, 11) is 0. The highest BCUT2D eigenvalue weighted by Gasteiger charge is 2.24. The van der Waals surface area contributed by atoms with Crippen LogP contribution in [0, 0.1) is 6.92 Å². The summed E-state index contributed by atoms with van der Waals surface area (Å²) in [5, 5.41) is 3.41. The van der Waals surface area contributed by atoms with E-state index in [0.29, 0.717) is 45.8 Å². The highest BCUT2D eigenvalue weighted by molar-refractivity contribution is 5.79. The lowest BCUT2D eigenvalue weighted by atomic mass is 10.1. The largest absolute Gasteiger partial charge is 0.450 e. The van der Waals surface area contributed by atoms with Crippen molar-refractivity contribution in [3.63, 3.8) is 0 Å². The number of benzene rings is 1. The number of nitrogens with zero attached hydrogens (tertiary/aromatic N) is 5. The Bertz CT molecular complexity index is 1100. The third-order valence-corrected chi connectivity index (χ3v) is 5.51. The number of piperazine rings is 1. The van der Waals surface area contributed by atoms with Crippen molar-refractivity contribution >= 4 is 23.5 Å². The summed E-state index contributed by atoms with van der Waals surface area (Å²) in [6, 6.07) is 8.18. The molecule has 9 heteroatoms. The highest BCUT2D eigenvalue weighted by atomic mass is 16.6. The Labute approximate surface area is 187 Å². The fourth-order valence-electron chi connectivity index (χ4n) is 3.87. The van der Waals surface area contributed by atoms with Crippen LogP contribution < -0.4 is 5.32 Å². The maximum absolute atomic E-state index is 12.7. The van der Waals surface area contributed by atoms with E-state index in [4.69, 9.17) is 9.72 Å². The molecule has 2 aromatic heterocycles. The Morgan fingerprint density at radius 3 is 2.69 bits per heavy atom. The smallest absolute Gasteiger partial charge is 0.409 e. The van der Waals surface area contributed by atoms with Gasteiger partial charge in [-0.1, -0.05) is 23.8 Å². The van der Waals surface area contributed by atoms with Gasteiger partial charge in [0.15, 0.2) is 5.65 Å². The van der Waals surface area contributed by atoms with Gasteiger partial charge in [0.05, 0.1) is 12.8 Å². The number of aryl methyl sites for hydroxylation is 1. The first-order chi connectivity index (χ1) is 15.6. The van der Waals surface area contributed by atoms with Gasteiger partial charge in [-0.25, -0.2) is 9.78 Å². The van der Waals surface area contributed by atoms with Crippen LogP contribution in [-0.4, -0.2) is 75.5 Å². The molecule has 0 radical (unpaired) electrons. The molecule has 3 aromatic rings. The van der Waals surface area contributed by atoms with E-state index in [-0.39, 0.29) is 12.0 Å². The average Bonchev–Trinajstić information content (AvgIpc) is 3.18. The topological polar surface area (TPSA) is 92.1 Å². The molecule has 0 aliphatic carbocycles. The van der Waals surface area contributed by atoms with Crippen LogP contribution in [0.3, 0.4) is 0 Å². The Hall–Kier alpha value is -3.62. The molecule has 3 heterocycles. The quantitative estimate of drug-likeness (QED) is 0.639. The monoisotopic (exact) mass is 436 g/mol. The first-order valence-electron chi connectivity index (χ1n) is 10.9. The van der Waals surface area contributed by atoms with Gasteiger partial charge < -0.3 is 19.9 Å². The molecule has 0 saturated carbocycles. The molecule has 1 N–H and O–H groups in total. The first-order valence-corrected chi connectivity index (χ1v) is 10.9. The lowest BCUT2D eigenvalue weighted by molar-refractivity contribution is -0.132. The minimum atomic E-state index is -0.313. The zero-order chi connectivity index (χ0) is 22.5. The number of nitrogens with one attached hydrogen (secondary N) is 1. The molecule has 2 amide bonds. The Morgan fingerprint density at radius 2 is 1.94 bits per heavy atom. The number of fused-ring (bicyclic) bond motifs is 1. The summed E-state index contributed by atoms with van der Waals surface area (Å²) in [5.74, 6) is 0.904. The molecule has 4 rings (SSSR count). The zero-order valence-corrected chi connectivity index (χ0v) is 18.5. The number of imidazole rings is 1. The third kappa shape index (κ3) is 4.66. The number of carbonyl (C=O) groups is 2. The minimum absolute atomic E-state index is 0.0635. The van der Waals surface area contributed by atoms with Gasteiger partial charge in [0.2, 0.25) is 5.91 Å². The number of hydrogen-bond acceptors (Lipinski definition) is 6. The number of carbonyl (C=O) groups excluding carboxylic acids is 2. The standard InChI is InChI=1S/C23H28N6O3/c1-3-32-23(31)28-13-11-27(12-14-28)20(30)7-8-25-22-21(18-6-4-5-17(2)15-18)26-19-16-24-9-10-29(19)22/h4-6,9-10,15-16,25H,3,7-8,11-14H2,1-2H3. The van der Waals surface area contributed by atoms with Crippen LogP contribution in [0.5, 0.6) is 0 Å². The summed E-state index contributed by atoms with van der Waals surface area (Å²) < 4.78 is 6.99. The van der Waals surface area contributed by atoms with Gasteiger partial charge in [-0.05, 0) is 19.9 Å². The van der Waals surface area contributed by atoms with E-state index in [1.54, 1.807) is 29.1 Å². The number of amides is 2. The fourth-order valence-corrected chi connectivity index (χ4v) is 3.87. The summed E-state index contributed by atoms with van der Waals surface area (Å²) in [6.07, 6.45) is 5.34. The molecule has 0 unspecified atom stereocenters. The van der Waals surface area contributed by atoms with Crippen molar-refractivity contribution in [3.05, 3.63) is 48.4 Å². The highest BCUT2D eigenvalue weighted by Crippen LogP contribution is 2.29.